The molecule has 9 nitrogen and oxygen atoms in total. The third kappa shape index (κ3) is 5.67. The molecule has 3 aromatic rings. The van der Waals surface area contributed by atoms with Crippen LogP contribution in [0.3, 0.4) is 0 Å². The van der Waals surface area contributed by atoms with Crippen LogP contribution < -0.4 is 14.8 Å². The Balaban J connectivity index is 1.39. The van der Waals surface area contributed by atoms with Gasteiger partial charge in [0.15, 0.2) is 6.61 Å². The molecule has 0 unspecified atom stereocenters. The standard InChI is InChI=1S/C25H23N3O6S2/c1-33-18-11-9-17(10-12-18)28-36(31,32)19-6-4-5-16(13-19)25(30)34-15-23(29)27-24-21(14-26)20-7-2-3-8-22(20)35-24/h4-6,9-13,28H,2-3,7-8,15H2,1H3,(H,27,29). The number of nitriles is 1. The quantitative estimate of drug-likeness (QED) is 0.423. The van der Waals surface area contributed by atoms with Crippen LogP contribution >= 0.6 is 11.3 Å². The maximum atomic E-state index is 12.8. The molecule has 11 heteroatoms. The van der Waals surface area contributed by atoms with Gasteiger partial charge >= 0.3 is 5.97 Å². The fraction of sp³-hybridized carbons (Fsp3) is 0.240. The Morgan fingerprint density at radius 3 is 2.58 bits per heavy atom. The zero-order chi connectivity index (χ0) is 25.7. The highest BCUT2D eigenvalue weighted by Gasteiger charge is 2.22. The van der Waals surface area contributed by atoms with E-state index in [-0.39, 0.29) is 10.5 Å². The minimum Gasteiger partial charge on any atom is -0.497 e. The molecule has 1 aromatic heterocycles. The second-order valence-corrected chi connectivity index (χ2v) is 10.8. The number of carbonyl (C=O) groups is 2. The average Bonchev–Trinajstić information content (AvgIpc) is 3.24. The van der Waals surface area contributed by atoms with E-state index >= 15 is 0 Å². The number of rotatable bonds is 8. The number of benzene rings is 2. The summed E-state index contributed by atoms with van der Waals surface area (Å²) >= 11 is 1.38. The lowest BCUT2D eigenvalue weighted by Gasteiger charge is -2.10. The molecule has 4 rings (SSSR count). The van der Waals surface area contributed by atoms with Crippen molar-refractivity contribution in [3.63, 3.8) is 0 Å². The summed E-state index contributed by atoms with van der Waals surface area (Å²) in [5.41, 5.74) is 1.76. The Hall–Kier alpha value is -3.88. The van der Waals surface area contributed by atoms with Gasteiger partial charge in [-0.3, -0.25) is 9.52 Å². The molecule has 0 aliphatic heterocycles. The SMILES string of the molecule is COc1ccc(NS(=O)(=O)c2cccc(C(=O)OCC(=O)Nc3sc4c(c3C#N)CCCC4)c2)cc1. The summed E-state index contributed by atoms with van der Waals surface area (Å²) in [7, 11) is -2.47. The molecule has 2 N–H and O–H groups in total. The third-order valence-corrected chi connectivity index (χ3v) is 8.18. The first-order valence-electron chi connectivity index (χ1n) is 11.1. The lowest BCUT2D eigenvalue weighted by Crippen LogP contribution is -2.21. The molecule has 0 saturated heterocycles. The molecule has 0 atom stereocenters. The first kappa shape index (κ1) is 25.2. The van der Waals surface area contributed by atoms with E-state index in [1.165, 1.54) is 42.7 Å². The van der Waals surface area contributed by atoms with Crippen molar-refractivity contribution >= 4 is 43.9 Å². The summed E-state index contributed by atoms with van der Waals surface area (Å²) in [6.07, 6.45) is 3.75. The van der Waals surface area contributed by atoms with Crippen molar-refractivity contribution in [3.05, 3.63) is 70.1 Å². The Labute approximate surface area is 212 Å². The van der Waals surface area contributed by atoms with Gasteiger partial charge in [-0.05, 0) is 73.7 Å². The van der Waals surface area contributed by atoms with E-state index in [1.807, 2.05) is 0 Å². The summed E-state index contributed by atoms with van der Waals surface area (Å²) in [6, 6.07) is 13.8. The molecule has 36 heavy (non-hydrogen) atoms. The molecule has 1 aliphatic rings. The molecule has 0 spiro atoms. The van der Waals surface area contributed by atoms with Crippen LogP contribution in [-0.4, -0.2) is 34.0 Å². The van der Waals surface area contributed by atoms with Gasteiger partial charge in [-0.25, -0.2) is 13.2 Å². The van der Waals surface area contributed by atoms with Crippen molar-refractivity contribution in [2.24, 2.45) is 0 Å². The number of hydrogen-bond donors (Lipinski definition) is 2. The Morgan fingerprint density at radius 2 is 1.86 bits per heavy atom. The predicted molar refractivity (Wildman–Crippen MR) is 135 cm³/mol. The van der Waals surface area contributed by atoms with Gasteiger partial charge in [0.2, 0.25) is 0 Å². The number of anilines is 2. The highest BCUT2D eigenvalue weighted by atomic mass is 32.2. The molecule has 0 bridgehead atoms. The minimum atomic E-state index is -3.98. The summed E-state index contributed by atoms with van der Waals surface area (Å²) in [5, 5.41) is 12.6. The lowest BCUT2D eigenvalue weighted by molar-refractivity contribution is -0.119. The third-order valence-electron chi connectivity index (χ3n) is 5.59. The van der Waals surface area contributed by atoms with Gasteiger partial charge in [0, 0.05) is 10.6 Å². The normalized spacial score (nSPS) is 12.7. The van der Waals surface area contributed by atoms with Gasteiger partial charge in [-0.1, -0.05) is 6.07 Å². The van der Waals surface area contributed by atoms with E-state index in [0.717, 1.165) is 36.1 Å². The minimum absolute atomic E-state index is 0.0234. The zero-order valence-corrected chi connectivity index (χ0v) is 21.0. The number of methoxy groups -OCH3 is 1. The number of fused-ring (bicyclic) bond motifs is 1. The number of ether oxygens (including phenoxy) is 2. The maximum absolute atomic E-state index is 12.8. The van der Waals surface area contributed by atoms with E-state index in [9.17, 15) is 23.3 Å². The average molecular weight is 526 g/mol. The van der Waals surface area contributed by atoms with Crippen LogP contribution in [0.1, 0.15) is 39.2 Å². The molecule has 1 aliphatic carbocycles. The molecule has 186 valence electrons. The topological polar surface area (TPSA) is 135 Å². The summed E-state index contributed by atoms with van der Waals surface area (Å²) in [4.78, 5) is 25.9. The number of thiophene rings is 1. The van der Waals surface area contributed by atoms with Gasteiger partial charge in [0.05, 0.1) is 23.1 Å². The molecule has 0 fully saturated rings. The number of carbonyl (C=O) groups excluding carboxylic acids is 2. The van der Waals surface area contributed by atoms with Gasteiger partial charge in [0.25, 0.3) is 15.9 Å². The zero-order valence-electron chi connectivity index (χ0n) is 19.4. The van der Waals surface area contributed by atoms with E-state index in [2.05, 4.69) is 16.1 Å². The number of amides is 1. The van der Waals surface area contributed by atoms with Crippen LogP contribution in [0.4, 0.5) is 10.7 Å². The summed E-state index contributed by atoms with van der Waals surface area (Å²) in [6.45, 7) is -0.576. The Kier molecular flexibility index (Phi) is 7.57. The van der Waals surface area contributed by atoms with Crippen molar-refractivity contribution in [1.82, 2.24) is 0 Å². The van der Waals surface area contributed by atoms with Crippen molar-refractivity contribution in [3.8, 4) is 11.8 Å². The fourth-order valence-electron chi connectivity index (χ4n) is 3.81. The van der Waals surface area contributed by atoms with Crippen LogP contribution in [0.15, 0.2) is 53.4 Å². The van der Waals surface area contributed by atoms with Crippen molar-refractivity contribution in [2.45, 2.75) is 30.6 Å². The second-order valence-electron chi connectivity index (χ2n) is 8.01. The first-order valence-corrected chi connectivity index (χ1v) is 13.4. The lowest BCUT2D eigenvalue weighted by atomic mass is 9.96. The van der Waals surface area contributed by atoms with Crippen LogP contribution in [0, 0.1) is 11.3 Å². The number of nitrogens with zero attached hydrogens (tertiary/aromatic N) is 1. The molecule has 0 saturated carbocycles. The summed E-state index contributed by atoms with van der Waals surface area (Å²) < 4.78 is 38.1. The number of aryl methyl sites for hydroxylation is 1. The second kappa shape index (κ2) is 10.8. The highest BCUT2D eigenvalue weighted by Crippen LogP contribution is 2.37. The van der Waals surface area contributed by atoms with Crippen molar-refractivity contribution in [2.75, 3.05) is 23.8 Å². The smallest absolute Gasteiger partial charge is 0.338 e. The van der Waals surface area contributed by atoms with Crippen LogP contribution in [0.2, 0.25) is 0 Å². The molecular weight excluding hydrogens is 502 g/mol. The predicted octanol–water partition coefficient (Wildman–Crippen LogP) is 4.10. The van der Waals surface area contributed by atoms with Gasteiger partial charge in [-0.2, -0.15) is 5.26 Å². The number of sulfonamides is 1. The van der Waals surface area contributed by atoms with Gasteiger partial charge in [0.1, 0.15) is 16.8 Å². The van der Waals surface area contributed by atoms with E-state index in [4.69, 9.17) is 9.47 Å². The van der Waals surface area contributed by atoms with Crippen LogP contribution in [-0.2, 0) is 32.4 Å². The molecule has 2 aromatic carbocycles. The maximum Gasteiger partial charge on any atom is 0.338 e. The summed E-state index contributed by atoms with van der Waals surface area (Å²) in [5.74, 6) is -0.852. The molecular formula is C25H23N3O6S2. The highest BCUT2D eigenvalue weighted by molar-refractivity contribution is 7.92. The van der Waals surface area contributed by atoms with Crippen LogP contribution in [0.25, 0.3) is 0 Å². The number of nitrogens with one attached hydrogen (secondary N) is 2. The van der Waals surface area contributed by atoms with E-state index in [0.29, 0.717) is 22.0 Å². The van der Waals surface area contributed by atoms with Crippen LogP contribution in [0.5, 0.6) is 5.75 Å². The molecule has 0 radical (unpaired) electrons. The van der Waals surface area contributed by atoms with Gasteiger partial charge < -0.3 is 14.8 Å². The number of hydrogen-bond acceptors (Lipinski definition) is 8. The van der Waals surface area contributed by atoms with E-state index in [1.54, 1.807) is 24.3 Å². The fourth-order valence-corrected chi connectivity index (χ4v) is 6.17. The molecule has 1 amide bonds. The first-order chi connectivity index (χ1) is 17.3. The molecule has 1 heterocycles. The van der Waals surface area contributed by atoms with Gasteiger partial charge in [-0.15, -0.1) is 11.3 Å². The Bertz CT molecular complexity index is 1440. The van der Waals surface area contributed by atoms with E-state index < -0.39 is 28.5 Å². The van der Waals surface area contributed by atoms with Crippen molar-refractivity contribution in [1.29, 1.82) is 5.26 Å². The Morgan fingerprint density at radius 1 is 1.11 bits per heavy atom. The van der Waals surface area contributed by atoms with Crippen molar-refractivity contribution < 1.29 is 27.5 Å². The number of esters is 1. The largest absolute Gasteiger partial charge is 0.497 e. The monoisotopic (exact) mass is 525 g/mol.